The molecule has 2 N–H and O–H groups in total. The van der Waals surface area contributed by atoms with E-state index in [1.54, 1.807) is 36.0 Å². The summed E-state index contributed by atoms with van der Waals surface area (Å²) in [7, 11) is 0. The zero-order valence-corrected chi connectivity index (χ0v) is 14.7. The van der Waals surface area contributed by atoms with Crippen LogP contribution >= 0.6 is 0 Å². The van der Waals surface area contributed by atoms with Crippen LogP contribution in [0.5, 0.6) is 5.75 Å². The van der Waals surface area contributed by atoms with Gasteiger partial charge in [0, 0.05) is 18.4 Å². The Morgan fingerprint density at radius 2 is 1.89 bits per heavy atom. The number of carbonyl (C=O) groups excluding carboxylic acids is 1. The molecular formula is C18H17F3N4O3. The Labute approximate surface area is 158 Å². The molecule has 0 aliphatic carbocycles. The number of carbonyl (C=O) groups is 1. The lowest BCUT2D eigenvalue weighted by atomic mass is 10.2. The maximum Gasteiger partial charge on any atom is 0.573 e. The van der Waals surface area contributed by atoms with E-state index in [9.17, 15) is 18.0 Å². The van der Waals surface area contributed by atoms with Crippen molar-refractivity contribution < 1.29 is 27.8 Å². The summed E-state index contributed by atoms with van der Waals surface area (Å²) in [5, 5.41) is 16.0. The molecule has 0 saturated carbocycles. The lowest BCUT2D eigenvalue weighted by Crippen LogP contribution is -2.35. The number of alkyl halides is 3. The summed E-state index contributed by atoms with van der Waals surface area (Å²) in [6, 6.07) is 8.20. The van der Waals surface area contributed by atoms with Crippen molar-refractivity contribution in [1.29, 1.82) is 0 Å². The van der Waals surface area contributed by atoms with E-state index in [-0.39, 0.29) is 17.9 Å². The molecule has 2 heterocycles. The standard InChI is InChI=1S/C18H17F3N4O3/c1-12(11-26)23-16(27)15-10-22-25(17(15)24-8-2-3-9-24)13-4-6-14(7-5-13)28-18(19,20)21/h2-10,12,26H,11H2,1H3,(H,23,27)/t12-/m0/s1. The van der Waals surface area contributed by atoms with Crippen LogP contribution in [-0.4, -0.2) is 44.4 Å². The largest absolute Gasteiger partial charge is 0.573 e. The summed E-state index contributed by atoms with van der Waals surface area (Å²) >= 11 is 0. The van der Waals surface area contributed by atoms with Crippen molar-refractivity contribution >= 4 is 5.91 Å². The molecule has 0 radical (unpaired) electrons. The number of halogens is 3. The van der Waals surface area contributed by atoms with Gasteiger partial charge in [0.05, 0.1) is 18.5 Å². The van der Waals surface area contributed by atoms with Crippen molar-refractivity contribution in [2.24, 2.45) is 0 Å². The second kappa shape index (κ2) is 7.77. The fraction of sp³-hybridized carbons (Fsp3) is 0.222. The van der Waals surface area contributed by atoms with Crippen molar-refractivity contribution in [2.75, 3.05) is 6.61 Å². The Kier molecular flexibility index (Phi) is 5.41. The summed E-state index contributed by atoms with van der Waals surface area (Å²) in [6.07, 6.45) is -0.00510. The van der Waals surface area contributed by atoms with Crippen LogP contribution in [-0.2, 0) is 0 Å². The lowest BCUT2D eigenvalue weighted by molar-refractivity contribution is -0.274. The Bertz CT molecular complexity index is 934. The van der Waals surface area contributed by atoms with E-state index in [0.29, 0.717) is 11.5 Å². The van der Waals surface area contributed by atoms with Gasteiger partial charge >= 0.3 is 6.36 Å². The van der Waals surface area contributed by atoms with Crippen LogP contribution in [0.1, 0.15) is 17.3 Å². The molecule has 0 bridgehead atoms. The molecule has 3 aromatic rings. The molecule has 0 aliphatic heterocycles. The quantitative estimate of drug-likeness (QED) is 0.674. The number of nitrogens with one attached hydrogen (secondary N) is 1. The van der Waals surface area contributed by atoms with E-state index in [2.05, 4.69) is 15.2 Å². The van der Waals surface area contributed by atoms with Crippen molar-refractivity contribution in [3.05, 3.63) is 60.6 Å². The third kappa shape index (κ3) is 4.34. The minimum absolute atomic E-state index is 0.223. The summed E-state index contributed by atoms with van der Waals surface area (Å²) in [4.78, 5) is 12.6. The van der Waals surface area contributed by atoms with E-state index in [4.69, 9.17) is 5.11 Å². The predicted octanol–water partition coefficient (Wildman–Crippen LogP) is 2.67. The Hall–Kier alpha value is -3.27. The highest BCUT2D eigenvalue weighted by atomic mass is 19.4. The second-order valence-electron chi connectivity index (χ2n) is 5.98. The van der Waals surface area contributed by atoms with Gasteiger partial charge in [0.15, 0.2) is 5.82 Å². The van der Waals surface area contributed by atoms with Gasteiger partial charge in [-0.2, -0.15) is 5.10 Å². The van der Waals surface area contributed by atoms with Crippen LogP contribution in [0.15, 0.2) is 55.0 Å². The average molecular weight is 394 g/mol. The van der Waals surface area contributed by atoms with Crippen LogP contribution in [0.2, 0.25) is 0 Å². The van der Waals surface area contributed by atoms with Crippen LogP contribution in [0, 0.1) is 0 Å². The summed E-state index contributed by atoms with van der Waals surface area (Å²) in [5.41, 5.74) is 0.680. The van der Waals surface area contributed by atoms with Crippen molar-refractivity contribution in [1.82, 2.24) is 19.7 Å². The first-order chi connectivity index (χ1) is 13.3. The molecule has 7 nitrogen and oxygen atoms in total. The zero-order valence-electron chi connectivity index (χ0n) is 14.7. The molecule has 0 aliphatic rings. The van der Waals surface area contributed by atoms with E-state index in [1.807, 2.05) is 0 Å². The molecule has 0 fully saturated rings. The minimum atomic E-state index is -4.78. The minimum Gasteiger partial charge on any atom is -0.406 e. The van der Waals surface area contributed by atoms with Crippen LogP contribution in [0.25, 0.3) is 11.5 Å². The second-order valence-corrected chi connectivity index (χ2v) is 5.98. The fourth-order valence-electron chi connectivity index (χ4n) is 2.55. The molecule has 10 heteroatoms. The third-order valence-corrected chi connectivity index (χ3v) is 3.80. The van der Waals surface area contributed by atoms with Gasteiger partial charge in [0.1, 0.15) is 11.3 Å². The first-order valence-electron chi connectivity index (χ1n) is 8.28. The number of nitrogens with zero attached hydrogens (tertiary/aromatic N) is 3. The highest BCUT2D eigenvalue weighted by Crippen LogP contribution is 2.25. The van der Waals surface area contributed by atoms with E-state index in [0.717, 1.165) is 12.1 Å². The molecule has 2 aromatic heterocycles. The fourth-order valence-corrected chi connectivity index (χ4v) is 2.55. The smallest absolute Gasteiger partial charge is 0.406 e. The normalized spacial score (nSPS) is 12.6. The van der Waals surface area contributed by atoms with Gasteiger partial charge in [0.2, 0.25) is 0 Å². The lowest BCUT2D eigenvalue weighted by Gasteiger charge is -2.14. The number of aliphatic hydroxyl groups excluding tert-OH is 1. The first-order valence-corrected chi connectivity index (χ1v) is 8.28. The summed E-state index contributed by atoms with van der Waals surface area (Å²) in [6.45, 7) is 1.43. The number of benzene rings is 1. The SMILES string of the molecule is C[C@@H](CO)NC(=O)c1cnn(-c2ccc(OC(F)(F)F)cc2)c1-n1cccc1. The Morgan fingerprint density at radius 1 is 1.25 bits per heavy atom. The molecule has 1 atom stereocenters. The van der Waals surface area contributed by atoms with Gasteiger partial charge in [0.25, 0.3) is 5.91 Å². The monoisotopic (exact) mass is 394 g/mol. The average Bonchev–Trinajstić information content (AvgIpc) is 3.30. The van der Waals surface area contributed by atoms with E-state index < -0.39 is 18.3 Å². The van der Waals surface area contributed by atoms with Crippen LogP contribution in [0.3, 0.4) is 0 Å². The number of amides is 1. The van der Waals surface area contributed by atoms with Gasteiger partial charge in [-0.05, 0) is 43.3 Å². The molecule has 1 amide bonds. The number of ether oxygens (including phenoxy) is 1. The van der Waals surface area contributed by atoms with E-state index >= 15 is 0 Å². The number of hydrogen-bond acceptors (Lipinski definition) is 4. The maximum absolute atomic E-state index is 12.6. The van der Waals surface area contributed by atoms with Crippen LogP contribution < -0.4 is 10.1 Å². The highest BCUT2D eigenvalue weighted by Gasteiger charge is 2.31. The molecule has 1 aromatic carbocycles. The van der Waals surface area contributed by atoms with Gasteiger partial charge in [-0.15, -0.1) is 13.2 Å². The van der Waals surface area contributed by atoms with E-state index in [1.165, 1.54) is 23.0 Å². The molecule has 0 unspecified atom stereocenters. The van der Waals surface area contributed by atoms with Gasteiger partial charge in [-0.3, -0.25) is 4.79 Å². The molecule has 28 heavy (non-hydrogen) atoms. The predicted molar refractivity (Wildman–Crippen MR) is 93.6 cm³/mol. The van der Waals surface area contributed by atoms with Crippen molar-refractivity contribution in [3.63, 3.8) is 0 Å². The number of aromatic nitrogens is 3. The van der Waals surface area contributed by atoms with Crippen molar-refractivity contribution in [2.45, 2.75) is 19.3 Å². The Morgan fingerprint density at radius 3 is 2.46 bits per heavy atom. The topological polar surface area (TPSA) is 81.3 Å². The van der Waals surface area contributed by atoms with Crippen molar-refractivity contribution in [3.8, 4) is 17.3 Å². The van der Waals surface area contributed by atoms with Gasteiger partial charge in [-0.25, -0.2) is 4.68 Å². The highest BCUT2D eigenvalue weighted by molar-refractivity contribution is 5.97. The maximum atomic E-state index is 12.6. The zero-order chi connectivity index (χ0) is 20.3. The third-order valence-electron chi connectivity index (χ3n) is 3.80. The Balaban J connectivity index is 1.99. The summed E-state index contributed by atoms with van der Waals surface area (Å²) in [5.74, 6) is -0.397. The first kappa shape index (κ1) is 19.5. The molecule has 0 saturated heterocycles. The molecule has 148 valence electrons. The number of rotatable bonds is 6. The molecule has 3 rings (SSSR count). The van der Waals surface area contributed by atoms with Gasteiger partial charge < -0.3 is 19.7 Å². The molecule has 0 spiro atoms. The van der Waals surface area contributed by atoms with Crippen LogP contribution in [0.4, 0.5) is 13.2 Å². The van der Waals surface area contributed by atoms with Gasteiger partial charge in [-0.1, -0.05) is 0 Å². The molecular weight excluding hydrogens is 377 g/mol. The summed E-state index contributed by atoms with van der Waals surface area (Å²) < 4.78 is 44.0. The number of hydrogen-bond donors (Lipinski definition) is 2. The number of aliphatic hydroxyl groups is 1.